The predicted octanol–water partition coefficient (Wildman–Crippen LogP) is 0.627. The lowest BCUT2D eigenvalue weighted by Gasteiger charge is -2.54. The van der Waals surface area contributed by atoms with Crippen molar-refractivity contribution in [2.75, 3.05) is 0 Å². The average Bonchev–Trinajstić information content (AvgIpc) is 2.64. The van der Waals surface area contributed by atoms with Crippen LogP contribution in [-0.4, -0.2) is 32.6 Å². The van der Waals surface area contributed by atoms with Crippen LogP contribution in [0.5, 0.6) is 0 Å². The van der Waals surface area contributed by atoms with Gasteiger partial charge in [-0.15, -0.1) is 0 Å². The van der Waals surface area contributed by atoms with Gasteiger partial charge in [0.25, 0.3) is 0 Å². The van der Waals surface area contributed by atoms with E-state index in [0.717, 1.165) is 0 Å². The minimum absolute atomic E-state index is 0.152. The second-order valence-corrected chi connectivity index (χ2v) is 8.40. The largest absolute Gasteiger partial charge is 0.393 e. The highest BCUT2D eigenvalue weighted by molar-refractivity contribution is 5.34. The SMILES string of the molecule is CC(C)(O)CC1(O)C2C3CC4C5C(C(O)C42)C1C35. The molecule has 18 heavy (non-hydrogen) atoms. The summed E-state index contributed by atoms with van der Waals surface area (Å²) in [7, 11) is 0. The first-order chi connectivity index (χ1) is 8.34. The van der Waals surface area contributed by atoms with Gasteiger partial charge in [-0.1, -0.05) is 0 Å². The maximum absolute atomic E-state index is 11.2. The quantitative estimate of drug-likeness (QED) is 0.673. The molecule has 5 rings (SSSR count). The van der Waals surface area contributed by atoms with Crippen molar-refractivity contribution in [1.29, 1.82) is 0 Å². The Balaban J connectivity index is 1.63. The fraction of sp³-hybridized carbons (Fsp3) is 1.00. The van der Waals surface area contributed by atoms with Crippen LogP contribution in [0.3, 0.4) is 0 Å². The monoisotopic (exact) mass is 250 g/mol. The van der Waals surface area contributed by atoms with E-state index in [1.165, 1.54) is 6.42 Å². The molecule has 10 unspecified atom stereocenters. The fourth-order valence-electron chi connectivity index (χ4n) is 7.63. The molecule has 2 bridgehead atoms. The molecule has 5 aliphatic carbocycles. The van der Waals surface area contributed by atoms with E-state index < -0.39 is 11.2 Å². The summed E-state index contributed by atoms with van der Waals surface area (Å²) in [6.45, 7) is 3.60. The molecule has 0 heterocycles. The van der Waals surface area contributed by atoms with Crippen molar-refractivity contribution >= 4 is 0 Å². The van der Waals surface area contributed by atoms with Crippen molar-refractivity contribution in [1.82, 2.24) is 0 Å². The summed E-state index contributed by atoms with van der Waals surface area (Å²) in [6.07, 6.45) is 1.57. The van der Waals surface area contributed by atoms with Crippen LogP contribution in [0.25, 0.3) is 0 Å². The predicted molar refractivity (Wildman–Crippen MR) is 64.4 cm³/mol. The van der Waals surface area contributed by atoms with Crippen molar-refractivity contribution in [2.24, 2.45) is 47.3 Å². The maximum Gasteiger partial charge on any atom is 0.0743 e. The second kappa shape index (κ2) is 2.55. The van der Waals surface area contributed by atoms with Crippen LogP contribution in [0, 0.1) is 47.3 Å². The molecule has 0 saturated heterocycles. The number of aliphatic hydroxyl groups is 3. The number of hydrogen-bond acceptors (Lipinski definition) is 3. The standard InChI is InChI=1S/C15H22O3/c1-14(2,17)4-15(18)11-6-3-5-7-8(6)12(15)10(7)13(16)9(5)11/h5-13,16-18H,3-4H2,1-2H3. The van der Waals surface area contributed by atoms with Crippen molar-refractivity contribution in [3.63, 3.8) is 0 Å². The molecular formula is C15H22O3. The molecular weight excluding hydrogens is 228 g/mol. The summed E-state index contributed by atoms with van der Waals surface area (Å²) in [5.41, 5.74) is -1.50. The minimum atomic E-state index is -0.806. The van der Waals surface area contributed by atoms with Gasteiger partial charge in [-0.25, -0.2) is 0 Å². The molecule has 5 aliphatic rings. The van der Waals surface area contributed by atoms with E-state index in [1.54, 1.807) is 13.8 Å². The smallest absolute Gasteiger partial charge is 0.0743 e. The summed E-state index contributed by atoms with van der Waals surface area (Å²) in [6, 6.07) is 0. The summed E-state index contributed by atoms with van der Waals surface area (Å²) < 4.78 is 0. The summed E-state index contributed by atoms with van der Waals surface area (Å²) in [4.78, 5) is 0. The molecule has 10 atom stereocenters. The van der Waals surface area contributed by atoms with Gasteiger partial charge < -0.3 is 15.3 Å². The summed E-state index contributed by atoms with van der Waals surface area (Å²) in [5.74, 6) is 3.97. The highest BCUT2D eigenvalue weighted by Crippen LogP contribution is 2.85. The Bertz CT molecular complexity index is 442. The summed E-state index contributed by atoms with van der Waals surface area (Å²) in [5, 5.41) is 31.9. The zero-order chi connectivity index (χ0) is 12.6. The maximum atomic E-state index is 11.2. The van der Waals surface area contributed by atoms with Crippen LogP contribution >= 0.6 is 0 Å². The van der Waals surface area contributed by atoms with Gasteiger partial charge in [0.2, 0.25) is 0 Å². The Morgan fingerprint density at radius 2 is 1.78 bits per heavy atom. The third-order valence-electron chi connectivity index (χ3n) is 7.28. The molecule has 0 spiro atoms. The Morgan fingerprint density at radius 3 is 2.44 bits per heavy atom. The van der Waals surface area contributed by atoms with Crippen LogP contribution in [0.2, 0.25) is 0 Å². The van der Waals surface area contributed by atoms with Crippen LogP contribution in [0.1, 0.15) is 26.7 Å². The number of fused-ring (bicyclic) bond motifs is 2. The molecule has 5 saturated carbocycles. The van der Waals surface area contributed by atoms with E-state index in [9.17, 15) is 15.3 Å². The van der Waals surface area contributed by atoms with Gasteiger partial charge in [-0.2, -0.15) is 0 Å². The molecule has 5 fully saturated rings. The molecule has 100 valence electrons. The molecule has 0 aromatic heterocycles. The second-order valence-electron chi connectivity index (χ2n) is 8.40. The molecule has 0 aliphatic heterocycles. The van der Waals surface area contributed by atoms with E-state index in [0.29, 0.717) is 41.9 Å². The van der Waals surface area contributed by atoms with E-state index in [-0.39, 0.29) is 17.9 Å². The number of rotatable bonds is 2. The van der Waals surface area contributed by atoms with E-state index in [1.807, 2.05) is 0 Å². The van der Waals surface area contributed by atoms with Crippen molar-refractivity contribution in [2.45, 2.75) is 44.0 Å². The minimum Gasteiger partial charge on any atom is -0.393 e. The third kappa shape index (κ3) is 0.810. The van der Waals surface area contributed by atoms with E-state index in [4.69, 9.17) is 0 Å². The van der Waals surface area contributed by atoms with Crippen molar-refractivity contribution in [3.05, 3.63) is 0 Å². The van der Waals surface area contributed by atoms with Crippen LogP contribution in [0.15, 0.2) is 0 Å². The number of hydrogen-bond donors (Lipinski definition) is 3. The Labute approximate surface area is 107 Å². The molecule has 0 aromatic rings. The van der Waals surface area contributed by atoms with Crippen molar-refractivity contribution in [3.8, 4) is 0 Å². The lowest BCUT2D eigenvalue weighted by molar-refractivity contribution is -0.191. The zero-order valence-corrected chi connectivity index (χ0v) is 11.0. The first-order valence-electron chi connectivity index (χ1n) is 7.47. The average molecular weight is 250 g/mol. The van der Waals surface area contributed by atoms with E-state index >= 15 is 0 Å². The molecule has 3 nitrogen and oxygen atoms in total. The Kier molecular flexibility index (Phi) is 1.51. The van der Waals surface area contributed by atoms with Gasteiger partial charge in [0.15, 0.2) is 0 Å². The van der Waals surface area contributed by atoms with Crippen LogP contribution < -0.4 is 0 Å². The topological polar surface area (TPSA) is 60.7 Å². The Hall–Kier alpha value is -0.120. The van der Waals surface area contributed by atoms with Gasteiger partial charge in [-0.05, 0) is 67.6 Å². The van der Waals surface area contributed by atoms with Gasteiger partial charge in [0, 0.05) is 6.42 Å². The van der Waals surface area contributed by atoms with Crippen molar-refractivity contribution < 1.29 is 15.3 Å². The fourth-order valence-corrected chi connectivity index (χ4v) is 7.63. The molecule has 3 N–H and O–H groups in total. The summed E-state index contributed by atoms with van der Waals surface area (Å²) >= 11 is 0. The molecule has 0 amide bonds. The first kappa shape index (κ1) is 10.6. The Morgan fingerprint density at radius 1 is 1.06 bits per heavy atom. The van der Waals surface area contributed by atoms with Gasteiger partial charge in [0.05, 0.1) is 17.3 Å². The van der Waals surface area contributed by atoms with Gasteiger partial charge >= 0.3 is 0 Å². The molecule has 3 heteroatoms. The van der Waals surface area contributed by atoms with Crippen LogP contribution in [-0.2, 0) is 0 Å². The molecule has 0 aromatic carbocycles. The normalized spacial score (nSPS) is 70.2. The lowest BCUT2D eigenvalue weighted by Crippen LogP contribution is -2.60. The first-order valence-corrected chi connectivity index (χ1v) is 7.47. The third-order valence-corrected chi connectivity index (χ3v) is 7.28. The number of aliphatic hydroxyl groups excluding tert-OH is 1. The lowest BCUT2D eigenvalue weighted by atomic mass is 9.54. The van der Waals surface area contributed by atoms with Crippen LogP contribution in [0.4, 0.5) is 0 Å². The van der Waals surface area contributed by atoms with E-state index in [2.05, 4.69) is 0 Å². The van der Waals surface area contributed by atoms with Gasteiger partial charge in [0.1, 0.15) is 0 Å². The van der Waals surface area contributed by atoms with Gasteiger partial charge in [-0.3, -0.25) is 0 Å². The zero-order valence-electron chi connectivity index (χ0n) is 11.0. The highest BCUT2D eigenvalue weighted by Gasteiger charge is 2.87. The molecule has 0 radical (unpaired) electrons. The highest BCUT2D eigenvalue weighted by atomic mass is 16.3.